The number of rotatable bonds is 21. The van der Waals surface area contributed by atoms with Crippen molar-refractivity contribution < 1.29 is 38.0 Å². The van der Waals surface area contributed by atoms with Crippen LogP contribution in [0.25, 0.3) is 0 Å². The van der Waals surface area contributed by atoms with E-state index in [4.69, 9.17) is 33.2 Å². The molecule has 10 heteroatoms. The van der Waals surface area contributed by atoms with E-state index < -0.39 is 36.7 Å². The van der Waals surface area contributed by atoms with Gasteiger partial charge in [0, 0.05) is 18.4 Å². The molecule has 10 nitrogen and oxygen atoms in total. The number of benzene rings is 4. The number of carbonyl (C=O) groups is 1. The summed E-state index contributed by atoms with van der Waals surface area (Å²) < 4.78 is 45.5. The van der Waals surface area contributed by atoms with Crippen molar-refractivity contribution in [2.75, 3.05) is 26.4 Å². The van der Waals surface area contributed by atoms with E-state index in [9.17, 15) is 4.79 Å². The minimum Gasteiger partial charge on any atom is -0.374 e. The van der Waals surface area contributed by atoms with E-state index in [0.29, 0.717) is 45.8 Å². The molecule has 1 amide bonds. The van der Waals surface area contributed by atoms with Crippen molar-refractivity contribution in [2.24, 2.45) is 11.3 Å². The lowest BCUT2D eigenvalue weighted by atomic mass is 9.94. The molecule has 0 bridgehead atoms. The Morgan fingerprint density at radius 1 is 0.690 bits per heavy atom. The Hall–Kier alpha value is -3.97. The maximum absolute atomic E-state index is 14.6. The molecule has 4 aromatic carbocycles. The Morgan fingerprint density at radius 2 is 1.17 bits per heavy atom. The number of amides is 1. The number of carbonyl (C=O) groups excluding carboxylic acids is 1. The van der Waals surface area contributed by atoms with E-state index in [-0.39, 0.29) is 43.4 Å². The van der Waals surface area contributed by atoms with E-state index in [1.165, 1.54) is 0 Å². The molecule has 2 aliphatic rings. The molecule has 6 rings (SSSR count). The second-order valence-corrected chi connectivity index (χ2v) is 16.5. The van der Waals surface area contributed by atoms with Crippen molar-refractivity contribution in [2.45, 2.75) is 110 Å². The second-order valence-electron chi connectivity index (χ2n) is 16.5. The third-order valence-corrected chi connectivity index (χ3v) is 10.3. The fourth-order valence-corrected chi connectivity index (χ4v) is 7.17. The number of nitrogens with one attached hydrogen (secondary N) is 2. The Balaban J connectivity index is 1.27. The predicted molar refractivity (Wildman–Crippen MR) is 223 cm³/mol. The minimum atomic E-state index is -0.890. The van der Waals surface area contributed by atoms with Crippen LogP contribution in [-0.4, -0.2) is 75.2 Å². The zero-order valence-electron chi connectivity index (χ0n) is 34.5. The van der Waals surface area contributed by atoms with Gasteiger partial charge in [-0.05, 0) is 34.6 Å². The highest BCUT2D eigenvalue weighted by atomic mass is 16.7. The van der Waals surface area contributed by atoms with Crippen LogP contribution in [0.2, 0.25) is 0 Å². The standard InChI is InChI=1S/C48H62N2O8/c1-35(2)27-40(49-26-25-42-56-33-48(3,4)34-57-42)46(51)50-43-45(54-30-38-21-13-7-14-22-38)44(53-29-37-19-11-6-12-20-37)41(32-52-28-36-17-9-5-10-18-36)58-47(43)55-31-39-23-15-8-16-24-39/h5-24,35,40-45,47,49H,25-34H2,1-4H3,(H,50,51)/t40-,41?,43+,44+,45+,47?/m0/s1. The Kier molecular flexibility index (Phi) is 16.9. The number of hydrogen-bond donors (Lipinski definition) is 2. The van der Waals surface area contributed by atoms with Gasteiger partial charge in [0.25, 0.3) is 0 Å². The molecule has 2 saturated heterocycles. The fourth-order valence-electron chi connectivity index (χ4n) is 7.17. The van der Waals surface area contributed by atoms with E-state index in [0.717, 1.165) is 22.3 Å². The minimum absolute atomic E-state index is 0.0139. The molecule has 6 atom stereocenters. The molecule has 0 radical (unpaired) electrons. The molecule has 0 aromatic heterocycles. The lowest BCUT2D eigenvalue weighted by Gasteiger charge is -2.46. The molecular formula is C48H62N2O8. The first kappa shape index (κ1) is 43.6. The van der Waals surface area contributed by atoms with Crippen LogP contribution in [0.1, 0.15) is 62.8 Å². The van der Waals surface area contributed by atoms with Gasteiger partial charge in [-0.2, -0.15) is 0 Å². The summed E-state index contributed by atoms with van der Waals surface area (Å²) in [5, 5.41) is 6.89. The largest absolute Gasteiger partial charge is 0.374 e. The van der Waals surface area contributed by atoms with Gasteiger partial charge in [-0.25, -0.2) is 0 Å². The number of ether oxygens (including phenoxy) is 7. The monoisotopic (exact) mass is 794 g/mol. The molecule has 2 aliphatic heterocycles. The summed E-state index contributed by atoms with van der Waals surface area (Å²) in [6.07, 6.45) is -1.87. The van der Waals surface area contributed by atoms with Gasteiger partial charge in [0.05, 0.1) is 52.3 Å². The molecule has 2 N–H and O–H groups in total. The van der Waals surface area contributed by atoms with Crippen LogP contribution in [0, 0.1) is 11.3 Å². The molecular weight excluding hydrogens is 733 g/mol. The maximum atomic E-state index is 14.6. The normalized spacial score (nSPS) is 22.7. The summed E-state index contributed by atoms with van der Waals surface area (Å²) in [6.45, 7) is 11.8. The molecule has 58 heavy (non-hydrogen) atoms. The van der Waals surface area contributed by atoms with Gasteiger partial charge < -0.3 is 43.8 Å². The highest BCUT2D eigenvalue weighted by molar-refractivity contribution is 5.82. The van der Waals surface area contributed by atoms with Crippen molar-refractivity contribution in [3.8, 4) is 0 Å². The molecule has 0 saturated carbocycles. The van der Waals surface area contributed by atoms with Gasteiger partial charge in [0.1, 0.15) is 24.4 Å². The smallest absolute Gasteiger partial charge is 0.237 e. The maximum Gasteiger partial charge on any atom is 0.237 e. The molecule has 2 fully saturated rings. The fraction of sp³-hybridized carbons (Fsp3) is 0.479. The first-order chi connectivity index (χ1) is 28.2. The van der Waals surface area contributed by atoms with E-state index in [1.807, 2.05) is 121 Å². The van der Waals surface area contributed by atoms with Crippen LogP contribution in [0.15, 0.2) is 121 Å². The van der Waals surface area contributed by atoms with Gasteiger partial charge >= 0.3 is 0 Å². The lowest BCUT2D eigenvalue weighted by molar-refractivity contribution is -0.293. The quantitative estimate of drug-likeness (QED) is 0.0883. The van der Waals surface area contributed by atoms with Gasteiger partial charge in [0.15, 0.2) is 12.6 Å². The molecule has 312 valence electrons. The van der Waals surface area contributed by atoms with Crippen molar-refractivity contribution >= 4 is 5.91 Å². The third kappa shape index (κ3) is 13.8. The summed E-state index contributed by atoms with van der Waals surface area (Å²) in [7, 11) is 0. The average molecular weight is 795 g/mol. The van der Waals surface area contributed by atoms with Crippen molar-refractivity contribution in [3.05, 3.63) is 144 Å². The van der Waals surface area contributed by atoms with Crippen molar-refractivity contribution in [3.63, 3.8) is 0 Å². The number of hydrogen-bond acceptors (Lipinski definition) is 9. The molecule has 2 heterocycles. The zero-order chi connectivity index (χ0) is 40.6. The SMILES string of the molecule is CC(C)C[C@H](NCCC1OCC(C)(C)CO1)C(=O)N[C@H]1C(OCc2ccccc2)OC(COCc2ccccc2)[C@@H](OCc2ccccc2)[C@@H]1OCc1ccccc1. The molecule has 0 aliphatic carbocycles. The van der Waals surface area contributed by atoms with E-state index >= 15 is 0 Å². The second kappa shape index (κ2) is 22.4. The molecule has 4 aromatic rings. The van der Waals surface area contributed by atoms with Crippen LogP contribution in [0.4, 0.5) is 0 Å². The van der Waals surface area contributed by atoms with Crippen LogP contribution >= 0.6 is 0 Å². The average Bonchev–Trinajstić information content (AvgIpc) is 3.24. The van der Waals surface area contributed by atoms with Crippen LogP contribution in [0.3, 0.4) is 0 Å². The van der Waals surface area contributed by atoms with Crippen LogP contribution in [-0.2, 0) is 64.4 Å². The highest BCUT2D eigenvalue weighted by Crippen LogP contribution is 2.30. The van der Waals surface area contributed by atoms with Crippen molar-refractivity contribution in [1.29, 1.82) is 0 Å². The Morgan fingerprint density at radius 3 is 1.69 bits per heavy atom. The van der Waals surface area contributed by atoms with E-state index in [1.54, 1.807) is 0 Å². The first-order valence-electron chi connectivity index (χ1n) is 20.7. The van der Waals surface area contributed by atoms with Gasteiger partial charge in [-0.3, -0.25) is 4.79 Å². The van der Waals surface area contributed by atoms with Crippen LogP contribution < -0.4 is 10.6 Å². The highest BCUT2D eigenvalue weighted by Gasteiger charge is 2.49. The molecule has 2 unspecified atom stereocenters. The van der Waals surface area contributed by atoms with Crippen molar-refractivity contribution in [1.82, 2.24) is 10.6 Å². The van der Waals surface area contributed by atoms with Gasteiger partial charge in [0.2, 0.25) is 5.91 Å². The summed E-state index contributed by atoms with van der Waals surface area (Å²) >= 11 is 0. The summed E-state index contributed by atoms with van der Waals surface area (Å²) in [4.78, 5) is 14.6. The Bertz CT molecular complexity index is 1740. The summed E-state index contributed by atoms with van der Waals surface area (Å²) in [5.41, 5.74) is 4.02. The zero-order valence-corrected chi connectivity index (χ0v) is 34.5. The lowest BCUT2D eigenvalue weighted by Crippen LogP contribution is -2.67. The van der Waals surface area contributed by atoms with E-state index in [2.05, 4.69) is 38.3 Å². The third-order valence-electron chi connectivity index (χ3n) is 10.3. The summed E-state index contributed by atoms with van der Waals surface area (Å²) in [6, 6.07) is 38.8. The van der Waals surface area contributed by atoms with Crippen LogP contribution in [0.5, 0.6) is 0 Å². The molecule has 0 spiro atoms. The summed E-state index contributed by atoms with van der Waals surface area (Å²) in [5.74, 6) is 0.0771. The van der Waals surface area contributed by atoms with Gasteiger partial charge in [-0.1, -0.05) is 149 Å². The Labute approximate surface area is 344 Å². The van der Waals surface area contributed by atoms with Gasteiger partial charge in [-0.15, -0.1) is 0 Å². The first-order valence-corrected chi connectivity index (χ1v) is 20.7. The topological polar surface area (TPSA) is 106 Å². The predicted octanol–water partition coefficient (Wildman–Crippen LogP) is 7.59.